The molecule has 8 heteroatoms. The van der Waals surface area contributed by atoms with E-state index in [-0.39, 0.29) is 5.56 Å². The number of rotatable bonds is 3. The quantitative estimate of drug-likeness (QED) is 0.642. The van der Waals surface area contributed by atoms with Crippen molar-refractivity contribution in [1.29, 1.82) is 0 Å². The molecular weight excluding hydrogens is 437 g/mol. The van der Waals surface area contributed by atoms with Gasteiger partial charge in [-0.1, -0.05) is 43.5 Å². The molecule has 114 valence electrons. The maximum absolute atomic E-state index is 12.0. The van der Waals surface area contributed by atoms with Crippen molar-refractivity contribution in [2.75, 3.05) is 10.6 Å². The van der Waals surface area contributed by atoms with Crippen molar-refractivity contribution in [2.45, 2.75) is 0 Å². The Morgan fingerprint density at radius 3 is 2.36 bits per heavy atom. The van der Waals surface area contributed by atoms with Gasteiger partial charge in [-0.15, -0.1) is 0 Å². The van der Waals surface area contributed by atoms with Gasteiger partial charge in [0.05, 0.1) is 11.3 Å². The summed E-state index contributed by atoms with van der Waals surface area (Å²) in [7, 11) is 0. The number of hydrogen-bond acceptors (Lipinski definition) is 2. The van der Waals surface area contributed by atoms with Gasteiger partial charge in [-0.25, -0.2) is 4.79 Å². The number of urea groups is 1. The Morgan fingerprint density at radius 1 is 1.00 bits per heavy atom. The van der Waals surface area contributed by atoms with Crippen molar-refractivity contribution in [3.63, 3.8) is 0 Å². The highest BCUT2D eigenvalue weighted by Crippen LogP contribution is 2.24. The molecule has 2 aromatic carbocycles. The second kappa shape index (κ2) is 7.13. The number of nitrogens with two attached hydrogens (primary N) is 1. The predicted molar refractivity (Wildman–Crippen MR) is 94.5 cm³/mol. The van der Waals surface area contributed by atoms with Gasteiger partial charge in [-0.2, -0.15) is 0 Å². The normalized spacial score (nSPS) is 10.1. The molecule has 0 saturated heterocycles. The molecule has 0 aliphatic rings. The zero-order chi connectivity index (χ0) is 16.3. The maximum Gasteiger partial charge on any atom is 0.323 e. The van der Waals surface area contributed by atoms with Gasteiger partial charge in [-0.3, -0.25) is 4.79 Å². The lowest BCUT2D eigenvalue weighted by Gasteiger charge is -2.11. The number of amides is 3. The first kappa shape index (κ1) is 16.8. The van der Waals surface area contributed by atoms with E-state index in [4.69, 9.17) is 17.3 Å². The Kier molecular flexibility index (Phi) is 5.44. The molecule has 0 aliphatic heterocycles. The molecule has 0 radical (unpaired) electrons. The molecule has 2 aromatic rings. The van der Waals surface area contributed by atoms with Crippen molar-refractivity contribution < 1.29 is 9.59 Å². The van der Waals surface area contributed by atoms with Gasteiger partial charge in [0.15, 0.2) is 0 Å². The van der Waals surface area contributed by atoms with E-state index in [1.54, 1.807) is 30.3 Å². The first-order chi connectivity index (χ1) is 10.3. The van der Waals surface area contributed by atoms with Crippen LogP contribution in [0.1, 0.15) is 10.4 Å². The van der Waals surface area contributed by atoms with Crippen molar-refractivity contribution >= 4 is 66.8 Å². The van der Waals surface area contributed by atoms with Crippen LogP contribution in [0.2, 0.25) is 5.02 Å². The average Bonchev–Trinajstić information content (AvgIpc) is 2.36. The van der Waals surface area contributed by atoms with Crippen LogP contribution in [0.15, 0.2) is 45.3 Å². The topological polar surface area (TPSA) is 84.2 Å². The highest BCUT2D eigenvalue weighted by molar-refractivity contribution is 9.10. The van der Waals surface area contributed by atoms with E-state index in [9.17, 15) is 9.59 Å². The number of nitrogens with one attached hydrogen (secondary N) is 2. The minimum Gasteiger partial charge on any atom is -0.366 e. The van der Waals surface area contributed by atoms with Crippen LogP contribution < -0.4 is 16.4 Å². The van der Waals surface area contributed by atoms with Gasteiger partial charge in [0.25, 0.3) is 5.91 Å². The summed E-state index contributed by atoms with van der Waals surface area (Å²) in [6, 6.07) is 9.26. The number of anilines is 2. The molecule has 5 nitrogen and oxygen atoms in total. The van der Waals surface area contributed by atoms with Gasteiger partial charge < -0.3 is 16.4 Å². The predicted octanol–water partition coefficient (Wildman–Crippen LogP) is 4.61. The van der Waals surface area contributed by atoms with Gasteiger partial charge in [0, 0.05) is 19.7 Å². The third-order valence-corrected chi connectivity index (χ3v) is 3.79. The van der Waals surface area contributed by atoms with Gasteiger partial charge in [0.1, 0.15) is 0 Å². The van der Waals surface area contributed by atoms with E-state index in [0.717, 1.165) is 4.47 Å². The second-order valence-electron chi connectivity index (χ2n) is 4.29. The van der Waals surface area contributed by atoms with Crippen LogP contribution in [-0.4, -0.2) is 11.9 Å². The number of halogens is 3. The van der Waals surface area contributed by atoms with Crippen LogP contribution in [0.25, 0.3) is 0 Å². The Hall–Kier alpha value is -1.57. The lowest BCUT2D eigenvalue weighted by atomic mass is 10.1. The number of primary amides is 1. The Morgan fingerprint density at radius 2 is 1.73 bits per heavy atom. The van der Waals surface area contributed by atoms with Crippen LogP contribution in [0.5, 0.6) is 0 Å². The minimum absolute atomic E-state index is 0.214. The van der Waals surface area contributed by atoms with Crippen LogP contribution in [-0.2, 0) is 0 Å². The standard InChI is InChI=1S/C14H10Br2ClN3O2/c15-7-1-2-11(13(18)21)12(5-7)20-14(22)19-10-4-8(16)3-9(17)6-10/h1-6H,(H2,18,21)(H2,19,20,22). The number of carbonyl (C=O) groups excluding carboxylic acids is 2. The highest BCUT2D eigenvalue weighted by Gasteiger charge is 2.12. The van der Waals surface area contributed by atoms with Crippen LogP contribution in [0.4, 0.5) is 16.2 Å². The number of carbonyl (C=O) groups is 2. The van der Waals surface area contributed by atoms with E-state index >= 15 is 0 Å². The summed E-state index contributed by atoms with van der Waals surface area (Å²) >= 11 is 12.5. The Labute approximate surface area is 148 Å². The fraction of sp³-hybridized carbons (Fsp3) is 0. The molecule has 22 heavy (non-hydrogen) atoms. The number of benzene rings is 2. The van der Waals surface area contributed by atoms with Crippen molar-refractivity contribution in [3.8, 4) is 0 Å². The molecule has 0 spiro atoms. The second-order valence-corrected chi connectivity index (χ2v) is 6.56. The van der Waals surface area contributed by atoms with E-state index in [2.05, 4.69) is 42.5 Å². The third-order valence-electron chi connectivity index (χ3n) is 2.62. The molecule has 3 amide bonds. The summed E-state index contributed by atoms with van der Waals surface area (Å²) < 4.78 is 1.44. The van der Waals surface area contributed by atoms with E-state index in [1.165, 1.54) is 6.07 Å². The molecule has 0 fully saturated rings. The first-order valence-electron chi connectivity index (χ1n) is 5.98. The van der Waals surface area contributed by atoms with Crippen molar-refractivity contribution in [2.24, 2.45) is 5.73 Å². The monoisotopic (exact) mass is 445 g/mol. The first-order valence-corrected chi connectivity index (χ1v) is 7.95. The van der Waals surface area contributed by atoms with Crippen molar-refractivity contribution in [1.82, 2.24) is 0 Å². The van der Waals surface area contributed by atoms with Crippen molar-refractivity contribution in [3.05, 3.63) is 55.9 Å². The average molecular weight is 448 g/mol. The lowest BCUT2D eigenvalue weighted by Crippen LogP contribution is -2.22. The van der Waals surface area contributed by atoms with Crippen LogP contribution in [0, 0.1) is 0 Å². The van der Waals surface area contributed by atoms with E-state index in [0.29, 0.717) is 20.9 Å². The van der Waals surface area contributed by atoms with Crippen LogP contribution in [0.3, 0.4) is 0 Å². The Balaban J connectivity index is 2.18. The molecule has 0 saturated carbocycles. The smallest absolute Gasteiger partial charge is 0.323 e. The lowest BCUT2D eigenvalue weighted by molar-refractivity contribution is 0.100. The summed E-state index contributed by atoms with van der Waals surface area (Å²) in [5.41, 5.74) is 6.31. The fourth-order valence-electron chi connectivity index (χ4n) is 1.75. The third kappa shape index (κ3) is 4.46. The van der Waals surface area contributed by atoms with Gasteiger partial charge in [-0.05, 0) is 36.4 Å². The van der Waals surface area contributed by atoms with Gasteiger partial charge >= 0.3 is 6.03 Å². The molecule has 4 N–H and O–H groups in total. The maximum atomic E-state index is 12.0. The fourth-order valence-corrected chi connectivity index (χ4v) is 2.97. The highest BCUT2D eigenvalue weighted by atomic mass is 79.9. The molecule has 0 atom stereocenters. The summed E-state index contributed by atoms with van der Waals surface area (Å²) in [5, 5.41) is 5.68. The van der Waals surface area contributed by atoms with Crippen LogP contribution >= 0.6 is 43.5 Å². The molecule has 0 unspecified atom stereocenters. The summed E-state index contributed by atoms with van der Waals surface area (Å²) in [5.74, 6) is -0.631. The SMILES string of the molecule is NC(=O)c1ccc(Br)cc1NC(=O)Nc1cc(Cl)cc(Br)c1. The zero-order valence-electron chi connectivity index (χ0n) is 11.0. The van der Waals surface area contributed by atoms with Gasteiger partial charge in [0.2, 0.25) is 0 Å². The van der Waals surface area contributed by atoms with E-state index in [1.807, 2.05) is 0 Å². The summed E-state index contributed by atoms with van der Waals surface area (Å²) in [4.78, 5) is 23.4. The zero-order valence-corrected chi connectivity index (χ0v) is 14.9. The minimum atomic E-state index is -0.631. The van der Waals surface area contributed by atoms with E-state index < -0.39 is 11.9 Å². The summed E-state index contributed by atoms with van der Waals surface area (Å²) in [6.45, 7) is 0. The summed E-state index contributed by atoms with van der Waals surface area (Å²) in [6.07, 6.45) is 0. The number of hydrogen-bond donors (Lipinski definition) is 3. The molecule has 0 aliphatic carbocycles. The molecule has 0 bridgehead atoms. The molecule has 0 heterocycles. The molecule has 0 aromatic heterocycles. The molecular formula is C14H10Br2ClN3O2. The molecule has 2 rings (SSSR count). The Bertz CT molecular complexity index is 733. The largest absolute Gasteiger partial charge is 0.366 e.